The molecule has 1 saturated heterocycles. The van der Waals surface area contributed by atoms with E-state index in [4.69, 9.17) is 0 Å². The van der Waals surface area contributed by atoms with E-state index in [-0.39, 0.29) is 18.9 Å². The number of nitrogens with zero attached hydrogens (tertiary/aromatic N) is 2. The minimum Gasteiger partial charge on any atom is -0.312 e. The smallest absolute Gasteiger partial charge is 0.302 e. The highest BCUT2D eigenvalue weighted by Gasteiger charge is 2.33. The predicted molar refractivity (Wildman–Crippen MR) is 75.0 cm³/mol. The number of aromatic nitrogens is 1. The molecule has 1 aliphatic rings. The molecule has 8 heteroatoms. The molecule has 1 aromatic heterocycles. The summed E-state index contributed by atoms with van der Waals surface area (Å²) in [6.45, 7) is 0.220. The van der Waals surface area contributed by atoms with E-state index in [0.29, 0.717) is 5.69 Å². The van der Waals surface area contributed by atoms with Crippen LogP contribution >= 0.6 is 11.3 Å². The maximum Gasteiger partial charge on any atom is 0.302 e. The summed E-state index contributed by atoms with van der Waals surface area (Å²) >= 11 is 1.50. The average Bonchev–Trinajstić information content (AvgIpc) is 2.92. The minimum atomic E-state index is -4.55. The van der Waals surface area contributed by atoms with E-state index in [9.17, 15) is 17.1 Å². The second kappa shape index (κ2) is 4.78. The van der Waals surface area contributed by atoms with Crippen LogP contribution in [0.2, 0.25) is 0 Å². The second-order valence-electron chi connectivity index (χ2n) is 4.78. The summed E-state index contributed by atoms with van der Waals surface area (Å²) in [6.07, 6.45) is 0.0538. The third-order valence-electron chi connectivity index (χ3n) is 3.27. The van der Waals surface area contributed by atoms with Gasteiger partial charge in [0.05, 0.1) is 21.5 Å². The molecule has 0 bridgehead atoms. The van der Waals surface area contributed by atoms with Gasteiger partial charge in [0.1, 0.15) is 0 Å². The topological polar surface area (TPSA) is 67.3 Å². The highest BCUT2D eigenvalue weighted by molar-refractivity contribution is 7.86. The summed E-state index contributed by atoms with van der Waals surface area (Å²) in [7, 11) is -4.55. The van der Waals surface area contributed by atoms with Crippen molar-refractivity contribution in [3.63, 3.8) is 0 Å². The third kappa shape index (κ3) is 2.66. The van der Waals surface area contributed by atoms with Crippen LogP contribution in [-0.4, -0.2) is 31.6 Å². The molecule has 2 aromatic rings. The molecule has 1 fully saturated rings. The summed E-state index contributed by atoms with van der Waals surface area (Å²) in [5.74, 6) is -1.29. The van der Waals surface area contributed by atoms with Crippen LogP contribution in [0.15, 0.2) is 23.7 Å². The number of amides is 1. The standard InChI is InChI=1S/C12H11FN2O3S2/c13-20(17,18)6-8-3-12(16)15(5-8)9-1-2-11-10(4-9)14-7-19-11/h1-2,4,7-8H,3,5-6H2. The summed E-state index contributed by atoms with van der Waals surface area (Å²) < 4.78 is 35.1. The largest absolute Gasteiger partial charge is 0.312 e. The van der Waals surface area contributed by atoms with Crippen molar-refractivity contribution in [2.24, 2.45) is 5.92 Å². The zero-order valence-corrected chi connectivity index (χ0v) is 12.0. The van der Waals surface area contributed by atoms with Gasteiger partial charge in [-0.05, 0) is 18.2 Å². The Balaban J connectivity index is 1.85. The van der Waals surface area contributed by atoms with Crippen molar-refractivity contribution in [1.29, 1.82) is 0 Å². The van der Waals surface area contributed by atoms with Gasteiger partial charge in [0.25, 0.3) is 0 Å². The summed E-state index contributed by atoms with van der Waals surface area (Å²) in [5, 5.41) is 0. The van der Waals surface area contributed by atoms with E-state index >= 15 is 0 Å². The first kappa shape index (κ1) is 13.4. The number of fused-ring (bicyclic) bond motifs is 1. The molecule has 1 atom stereocenters. The molecule has 2 heterocycles. The van der Waals surface area contributed by atoms with Gasteiger partial charge >= 0.3 is 10.2 Å². The maximum atomic E-state index is 12.7. The van der Waals surface area contributed by atoms with Gasteiger partial charge < -0.3 is 4.90 Å². The Kier molecular flexibility index (Phi) is 3.21. The Hall–Kier alpha value is -1.54. The maximum absolute atomic E-state index is 12.7. The van der Waals surface area contributed by atoms with E-state index in [1.54, 1.807) is 17.6 Å². The first-order valence-corrected chi connectivity index (χ1v) is 8.41. The van der Waals surface area contributed by atoms with Crippen LogP contribution in [0.4, 0.5) is 9.57 Å². The Morgan fingerprint density at radius 2 is 2.25 bits per heavy atom. The van der Waals surface area contributed by atoms with Gasteiger partial charge in [-0.25, -0.2) is 4.98 Å². The molecule has 1 unspecified atom stereocenters. The van der Waals surface area contributed by atoms with Crippen molar-refractivity contribution in [3.05, 3.63) is 23.7 Å². The number of halogens is 1. The van der Waals surface area contributed by atoms with E-state index in [0.717, 1.165) is 10.2 Å². The van der Waals surface area contributed by atoms with Crippen LogP contribution in [0.25, 0.3) is 10.2 Å². The number of carbonyl (C=O) groups is 1. The zero-order chi connectivity index (χ0) is 14.3. The molecule has 3 rings (SSSR count). The van der Waals surface area contributed by atoms with Crippen molar-refractivity contribution in [1.82, 2.24) is 4.98 Å². The first-order chi connectivity index (χ1) is 9.42. The third-order valence-corrected chi connectivity index (χ3v) is 4.95. The number of hydrogen-bond donors (Lipinski definition) is 0. The Bertz CT molecular complexity index is 772. The van der Waals surface area contributed by atoms with Crippen molar-refractivity contribution >= 4 is 43.4 Å². The SMILES string of the molecule is O=C1CC(CS(=O)(=O)F)CN1c1ccc2scnc2c1. The van der Waals surface area contributed by atoms with Crippen molar-refractivity contribution in [2.75, 3.05) is 17.2 Å². The molecular formula is C12H11FN2O3S2. The van der Waals surface area contributed by atoms with Gasteiger partial charge in [0.2, 0.25) is 5.91 Å². The number of rotatable bonds is 3. The lowest BCUT2D eigenvalue weighted by Gasteiger charge is -2.16. The summed E-state index contributed by atoms with van der Waals surface area (Å²) in [5.41, 5.74) is 3.19. The molecule has 20 heavy (non-hydrogen) atoms. The second-order valence-corrected chi connectivity index (χ2v) is 7.08. The number of thiazole rings is 1. The van der Waals surface area contributed by atoms with E-state index in [1.165, 1.54) is 16.2 Å². The van der Waals surface area contributed by atoms with Crippen LogP contribution in [0, 0.1) is 5.92 Å². The fraction of sp³-hybridized carbons (Fsp3) is 0.333. The van der Waals surface area contributed by atoms with Crippen molar-refractivity contribution in [2.45, 2.75) is 6.42 Å². The number of anilines is 1. The van der Waals surface area contributed by atoms with Gasteiger partial charge in [-0.15, -0.1) is 15.2 Å². The predicted octanol–water partition coefficient (Wildman–Crippen LogP) is 1.95. The zero-order valence-electron chi connectivity index (χ0n) is 10.3. The number of carbonyl (C=O) groups excluding carboxylic acids is 1. The fourth-order valence-corrected chi connectivity index (χ4v) is 3.88. The molecule has 1 aliphatic heterocycles. The van der Waals surface area contributed by atoms with E-state index < -0.39 is 21.9 Å². The van der Waals surface area contributed by atoms with Crippen molar-refractivity contribution < 1.29 is 17.1 Å². The molecular weight excluding hydrogens is 303 g/mol. The van der Waals surface area contributed by atoms with Gasteiger partial charge in [-0.3, -0.25) is 4.79 Å². The monoisotopic (exact) mass is 314 g/mol. The Labute approximate surface area is 119 Å². The van der Waals surface area contributed by atoms with Gasteiger partial charge in [-0.1, -0.05) is 0 Å². The van der Waals surface area contributed by atoms with Crippen LogP contribution in [0.5, 0.6) is 0 Å². The summed E-state index contributed by atoms with van der Waals surface area (Å²) in [4.78, 5) is 17.6. The van der Waals surface area contributed by atoms with Gasteiger partial charge in [-0.2, -0.15) is 8.42 Å². The molecule has 0 N–H and O–H groups in total. The quantitative estimate of drug-likeness (QED) is 0.812. The first-order valence-electron chi connectivity index (χ1n) is 5.98. The molecule has 0 aliphatic carbocycles. The lowest BCUT2D eigenvalue weighted by atomic mass is 10.1. The molecule has 106 valence electrons. The Morgan fingerprint density at radius 1 is 1.45 bits per heavy atom. The van der Waals surface area contributed by atoms with Crippen LogP contribution in [0.3, 0.4) is 0 Å². The summed E-state index contributed by atoms with van der Waals surface area (Å²) in [6, 6.07) is 5.45. The lowest BCUT2D eigenvalue weighted by molar-refractivity contribution is -0.117. The van der Waals surface area contributed by atoms with Crippen molar-refractivity contribution in [3.8, 4) is 0 Å². The molecule has 0 saturated carbocycles. The highest BCUT2D eigenvalue weighted by atomic mass is 32.3. The number of hydrogen-bond acceptors (Lipinski definition) is 5. The Morgan fingerprint density at radius 3 is 3.00 bits per heavy atom. The van der Waals surface area contributed by atoms with Crippen LogP contribution in [-0.2, 0) is 15.0 Å². The van der Waals surface area contributed by atoms with E-state index in [2.05, 4.69) is 4.98 Å². The van der Waals surface area contributed by atoms with Crippen LogP contribution in [0.1, 0.15) is 6.42 Å². The minimum absolute atomic E-state index is 0.0538. The highest BCUT2D eigenvalue weighted by Crippen LogP contribution is 2.29. The van der Waals surface area contributed by atoms with Gasteiger partial charge in [0.15, 0.2) is 0 Å². The fourth-order valence-electron chi connectivity index (χ4n) is 2.44. The molecule has 5 nitrogen and oxygen atoms in total. The lowest BCUT2D eigenvalue weighted by Crippen LogP contribution is -2.25. The van der Waals surface area contributed by atoms with E-state index in [1.807, 2.05) is 6.07 Å². The molecule has 0 radical (unpaired) electrons. The molecule has 1 amide bonds. The molecule has 1 aromatic carbocycles. The van der Waals surface area contributed by atoms with Crippen LogP contribution < -0.4 is 4.90 Å². The molecule has 0 spiro atoms. The number of benzene rings is 1. The average molecular weight is 314 g/mol. The van der Waals surface area contributed by atoms with Gasteiger partial charge in [0, 0.05) is 24.6 Å². The normalized spacial score (nSPS) is 19.9.